The molecule has 3 atom stereocenters. The molecule has 0 aliphatic rings. The van der Waals surface area contributed by atoms with Gasteiger partial charge in [0.1, 0.15) is 12.1 Å². The summed E-state index contributed by atoms with van der Waals surface area (Å²) in [5, 5.41) is 8.92. The number of aliphatic carboxylic acids is 1. The molecule has 0 amide bonds. The van der Waals surface area contributed by atoms with E-state index in [1.165, 1.54) is 103 Å². The number of rotatable bonds is 46. The highest BCUT2D eigenvalue weighted by Gasteiger charge is 2.27. The van der Waals surface area contributed by atoms with E-state index in [4.69, 9.17) is 29.4 Å². The van der Waals surface area contributed by atoms with Crippen LogP contribution in [-0.4, -0.2) is 60.5 Å². The number of esters is 1. The number of hydrogen-bond donors (Lipinski definition) is 3. The lowest BCUT2D eigenvalue weighted by atomic mass is 10.1. The molecule has 0 aromatic heterocycles. The number of unbranched alkanes of at least 4 members (excludes halogenated alkanes) is 22. The van der Waals surface area contributed by atoms with Crippen LogP contribution in [0.1, 0.15) is 206 Å². The molecular formula is C50H90NO9P. The Labute approximate surface area is 372 Å². The average molecular weight is 880 g/mol. The summed E-state index contributed by atoms with van der Waals surface area (Å²) in [5.74, 6) is -1.78. The van der Waals surface area contributed by atoms with Crippen LogP contribution in [0, 0.1) is 0 Å². The molecule has 0 saturated heterocycles. The van der Waals surface area contributed by atoms with Crippen molar-refractivity contribution in [3.8, 4) is 0 Å². The highest BCUT2D eigenvalue weighted by Crippen LogP contribution is 2.43. The number of carbonyl (C=O) groups is 2. The van der Waals surface area contributed by atoms with Crippen LogP contribution >= 0.6 is 7.82 Å². The van der Waals surface area contributed by atoms with E-state index in [2.05, 4.69) is 74.6 Å². The molecule has 0 aromatic carbocycles. The lowest BCUT2D eigenvalue weighted by molar-refractivity contribution is -0.154. The van der Waals surface area contributed by atoms with E-state index in [1.807, 2.05) is 0 Å². The Balaban J connectivity index is 4.18. The molecule has 3 unspecified atom stereocenters. The van der Waals surface area contributed by atoms with Crippen LogP contribution in [0.5, 0.6) is 0 Å². The van der Waals surface area contributed by atoms with Gasteiger partial charge in [-0.3, -0.25) is 18.6 Å². The zero-order valence-corrected chi connectivity index (χ0v) is 39.6. The second-order valence-corrected chi connectivity index (χ2v) is 17.7. The van der Waals surface area contributed by atoms with Crippen molar-refractivity contribution < 1.29 is 42.7 Å². The van der Waals surface area contributed by atoms with Gasteiger partial charge in [0, 0.05) is 13.0 Å². The minimum absolute atomic E-state index is 0.00945. The van der Waals surface area contributed by atoms with Crippen molar-refractivity contribution in [2.24, 2.45) is 5.73 Å². The highest BCUT2D eigenvalue weighted by atomic mass is 31.2. The van der Waals surface area contributed by atoms with Gasteiger partial charge in [0.2, 0.25) is 0 Å². The van der Waals surface area contributed by atoms with Crippen LogP contribution in [0.4, 0.5) is 0 Å². The van der Waals surface area contributed by atoms with Crippen molar-refractivity contribution in [1.29, 1.82) is 0 Å². The Kier molecular flexibility index (Phi) is 43.9. The summed E-state index contributed by atoms with van der Waals surface area (Å²) in [6, 6.07) is -1.48. The summed E-state index contributed by atoms with van der Waals surface area (Å²) in [6.07, 6.45) is 55.6. The lowest BCUT2D eigenvalue weighted by Gasteiger charge is -2.20. The van der Waals surface area contributed by atoms with E-state index in [0.717, 1.165) is 77.0 Å². The Morgan fingerprint density at radius 1 is 0.541 bits per heavy atom. The summed E-state index contributed by atoms with van der Waals surface area (Å²) in [5.41, 5.74) is 5.37. The third kappa shape index (κ3) is 45.5. The fraction of sp³-hybridized carbons (Fsp3) is 0.760. The van der Waals surface area contributed by atoms with Crippen LogP contribution in [0.15, 0.2) is 60.8 Å². The van der Waals surface area contributed by atoms with E-state index >= 15 is 0 Å². The minimum atomic E-state index is -4.62. The van der Waals surface area contributed by atoms with E-state index in [-0.39, 0.29) is 13.0 Å². The monoisotopic (exact) mass is 880 g/mol. The summed E-state index contributed by atoms with van der Waals surface area (Å²) in [7, 11) is -4.62. The van der Waals surface area contributed by atoms with E-state index in [9.17, 15) is 19.0 Å². The van der Waals surface area contributed by atoms with Gasteiger partial charge >= 0.3 is 19.8 Å². The number of phosphoric acid groups is 1. The van der Waals surface area contributed by atoms with Crippen molar-refractivity contribution in [3.63, 3.8) is 0 Å². The molecule has 11 heteroatoms. The minimum Gasteiger partial charge on any atom is -0.480 e. The number of allylic oxidation sites excluding steroid dienone is 10. The van der Waals surface area contributed by atoms with Crippen molar-refractivity contribution in [3.05, 3.63) is 60.8 Å². The van der Waals surface area contributed by atoms with E-state index in [1.54, 1.807) is 0 Å². The smallest absolute Gasteiger partial charge is 0.472 e. The third-order valence-corrected chi connectivity index (χ3v) is 11.2. The van der Waals surface area contributed by atoms with Crippen molar-refractivity contribution in [2.75, 3.05) is 26.4 Å². The van der Waals surface area contributed by atoms with Crippen LogP contribution in [-0.2, 0) is 32.7 Å². The second kappa shape index (κ2) is 45.7. The first-order valence-electron chi connectivity index (χ1n) is 24.3. The van der Waals surface area contributed by atoms with Crippen LogP contribution in [0.3, 0.4) is 0 Å². The fourth-order valence-corrected chi connectivity index (χ4v) is 7.31. The first-order valence-corrected chi connectivity index (χ1v) is 25.8. The molecule has 0 saturated carbocycles. The first kappa shape index (κ1) is 58.7. The summed E-state index contributed by atoms with van der Waals surface area (Å²) in [4.78, 5) is 33.6. The molecule has 10 nitrogen and oxygen atoms in total. The van der Waals surface area contributed by atoms with E-state index < -0.39 is 45.1 Å². The number of nitrogens with two attached hydrogens (primary N) is 1. The predicted molar refractivity (Wildman–Crippen MR) is 254 cm³/mol. The summed E-state index contributed by atoms with van der Waals surface area (Å²) >= 11 is 0. The normalized spacial score (nSPS) is 14.3. The Morgan fingerprint density at radius 3 is 1.44 bits per heavy atom. The number of carboxylic acids is 1. The zero-order valence-electron chi connectivity index (χ0n) is 38.7. The van der Waals surface area contributed by atoms with Gasteiger partial charge in [-0.05, 0) is 77.0 Å². The zero-order chi connectivity index (χ0) is 44.8. The molecular weight excluding hydrogens is 790 g/mol. The Hall–Kier alpha value is -2.33. The van der Waals surface area contributed by atoms with Crippen LogP contribution in [0.25, 0.3) is 0 Å². The highest BCUT2D eigenvalue weighted by molar-refractivity contribution is 7.47. The van der Waals surface area contributed by atoms with Gasteiger partial charge in [0.05, 0.1) is 19.8 Å². The Morgan fingerprint density at radius 2 is 0.951 bits per heavy atom. The topological polar surface area (TPSA) is 155 Å². The maximum absolute atomic E-state index is 12.7. The molecule has 0 bridgehead atoms. The van der Waals surface area contributed by atoms with Gasteiger partial charge in [-0.1, -0.05) is 184 Å². The molecule has 354 valence electrons. The maximum atomic E-state index is 12.7. The summed E-state index contributed by atoms with van der Waals surface area (Å²) < 4.78 is 33.5. The van der Waals surface area contributed by atoms with Crippen molar-refractivity contribution >= 4 is 19.8 Å². The lowest BCUT2D eigenvalue weighted by Crippen LogP contribution is -2.34. The molecule has 0 heterocycles. The van der Waals surface area contributed by atoms with Gasteiger partial charge < -0.3 is 25.2 Å². The summed E-state index contributed by atoms with van der Waals surface area (Å²) in [6.45, 7) is 3.76. The number of phosphoric ester groups is 1. The van der Waals surface area contributed by atoms with Gasteiger partial charge in [0.25, 0.3) is 0 Å². The predicted octanol–water partition coefficient (Wildman–Crippen LogP) is 14.0. The van der Waals surface area contributed by atoms with Crippen LogP contribution in [0.2, 0.25) is 0 Å². The SMILES string of the molecule is CC/C=C\C/C=C\C/C=C\C/C=C\CCCCCCCCCCCOCC(COP(=O)(O)OCC(N)C(=O)O)OC(=O)CCCCCCCCC/C=C\CCCCCCCC. The van der Waals surface area contributed by atoms with E-state index in [0.29, 0.717) is 13.0 Å². The van der Waals surface area contributed by atoms with Gasteiger partial charge in [-0.25, -0.2) is 4.57 Å². The first-order chi connectivity index (χ1) is 29.7. The van der Waals surface area contributed by atoms with Crippen molar-refractivity contribution in [2.45, 2.75) is 219 Å². The van der Waals surface area contributed by atoms with Gasteiger partial charge in [0.15, 0.2) is 0 Å². The molecule has 4 N–H and O–H groups in total. The molecule has 0 fully saturated rings. The van der Waals surface area contributed by atoms with Gasteiger partial charge in [-0.2, -0.15) is 0 Å². The second-order valence-electron chi connectivity index (χ2n) is 16.2. The van der Waals surface area contributed by atoms with Gasteiger partial charge in [-0.15, -0.1) is 0 Å². The molecule has 61 heavy (non-hydrogen) atoms. The Bertz CT molecular complexity index is 1200. The number of carbonyl (C=O) groups excluding carboxylic acids is 1. The largest absolute Gasteiger partial charge is 0.480 e. The quantitative estimate of drug-likeness (QED) is 0.0233. The number of carboxylic acid groups (broad SMARTS) is 1. The standard InChI is InChI=1S/C50H90NO9P/c1-3-5-7-9-11-13-15-17-19-21-22-23-24-25-27-29-31-33-35-37-39-41-43-57-44-47(45-58-61(55,56)59-46-48(51)50(53)54)60-49(52)42-40-38-36-34-32-30-28-26-20-18-16-14-12-10-8-6-4-2/h5,7,11,13,17-20,22-23,47-48H,3-4,6,8-10,12,14-16,21,24-46,51H2,1-2H3,(H,53,54)(H,55,56)/b7-5-,13-11-,19-17-,20-18-,23-22-. The molecule has 0 aromatic rings. The third-order valence-electron chi connectivity index (χ3n) is 10.3. The average Bonchev–Trinajstić information content (AvgIpc) is 3.24. The number of hydrogen-bond acceptors (Lipinski definition) is 8. The molecule has 0 spiro atoms. The number of ether oxygens (including phenoxy) is 2. The molecule has 0 radical (unpaired) electrons. The molecule has 0 rings (SSSR count). The molecule has 0 aliphatic carbocycles. The van der Waals surface area contributed by atoms with Crippen molar-refractivity contribution in [1.82, 2.24) is 0 Å². The fourth-order valence-electron chi connectivity index (χ4n) is 6.53. The van der Waals surface area contributed by atoms with Crippen LogP contribution < -0.4 is 5.73 Å². The maximum Gasteiger partial charge on any atom is 0.472 e. The molecule has 0 aliphatic heterocycles.